The molecule has 8 heteroatoms. The minimum absolute atomic E-state index is 0.0718. The number of hydrogen-bond donors (Lipinski definition) is 1. The number of thioether (sulfide) groups is 1. The van der Waals surface area contributed by atoms with Crippen LogP contribution < -0.4 is 4.74 Å². The maximum atomic E-state index is 12.8. The summed E-state index contributed by atoms with van der Waals surface area (Å²) in [6, 6.07) is 9.92. The molecule has 0 radical (unpaired) electrons. The van der Waals surface area contributed by atoms with Gasteiger partial charge in [0.2, 0.25) is 5.17 Å². The number of amides is 1. The quantitative estimate of drug-likeness (QED) is 0.402. The number of hydrogen-bond acceptors (Lipinski definition) is 5. The van der Waals surface area contributed by atoms with E-state index in [1.807, 2.05) is 51.1 Å². The zero-order chi connectivity index (χ0) is 23.5. The second-order valence-corrected chi connectivity index (χ2v) is 9.07. The number of ether oxygens (including phenoxy) is 1. The summed E-state index contributed by atoms with van der Waals surface area (Å²) >= 11 is 1.39. The first-order chi connectivity index (χ1) is 15.9. The third kappa shape index (κ3) is 4.53. The van der Waals surface area contributed by atoms with Gasteiger partial charge in [-0.05, 0) is 75.2 Å². The fourth-order valence-electron chi connectivity index (χ4n) is 4.04. The first kappa shape index (κ1) is 23.0. The van der Waals surface area contributed by atoms with Crippen LogP contribution >= 0.6 is 11.8 Å². The predicted molar refractivity (Wildman–Crippen MR) is 136 cm³/mol. The number of para-hydroxylation sites is 2. The second kappa shape index (κ2) is 9.79. The van der Waals surface area contributed by atoms with E-state index in [2.05, 4.69) is 21.6 Å². The highest BCUT2D eigenvalue weighted by atomic mass is 32.2. The van der Waals surface area contributed by atoms with Crippen LogP contribution in [0.2, 0.25) is 0 Å². The molecule has 0 bridgehead atoms. The molecule has 7 nitrogen and oxygen atoms in total. The van der Waals surface area contributed by atoms with Gasteiger partial charge in [0.1, 0.15) is 10.8 Å². The van der Waals surface area contributed by atoms with Crippen molar-refractivity contribution in [3.05, 3.63) is 52.9 Å². The van der Waals surface area contributed by atoms with Gasteiger partial charge in [0.15, 0.2) is 5.84 Å². The number of benzene rings is 1. The van der Waals surface area contributed by atoms with Crippen molar-refractivity contribution in [3.63, 3.8) is 0 Å². The minimum Gasteiger partial charge on any atom is -0.492 e. The van der Waals surface area contributed by atoms with Crippen molar-refractivity contribution in [1.29, 1.82) is 5.41 Å². The van der Waals surface area contributed by atoms with Gasteiger partial charge >= 0.3 is 0 Å². The summed E-state index contributed by atoms with van der Waals surface area (Å²) in [5, 5.41) is 16.1. The highest BCUT2D eigenvalue weighted by molar-refractivity contribution is 8.26. The van der Waals surface area contributed by atoms with Crippen molar-refractivity contribution in [1.82, 2.24) is 9.58 Å². The average Bonchev–Trinajstić information content (AvgIpc) is 3.32. The lowest BCUT2D eigenvalue weighted by molar-refractivity contribution is -0.114. The highest BCUT2D eigenvalue weighted by Crippen LogP contribution is 2.32. The highest BCUT2D eigenvalue weighted by Gasteiger charge is 2.35. The van der Waals surface area contributed by atoms with Crippen LogP contribution in [0.25, 0.3) is 11.8 Å². The lowest BCUT2D eigenvalue weighted by atomic mass is 10.1. The zero-order valence-electron chi connectivity index (χ0n) is 19.5. The van der Waals surface area contributed by atoms with Crippen molar-refractivity contribution in [2.75, 3.05) is 6.61 Å². The molecule has 0 fully saturated rings. The van der Waals surface area contributed by atoms with Gasteiger partial charge in [0.25, 0.3) is 5.91 Å². The fourth-order valence-corrected chi connectivity index (χ4v) is 4.97. The van der Waals surface area contributed by atoms with Crippen LogP contribution in [0.4, 0.5) is 0 Å². The van der Waals surface area contributed by atoms with Gasteiger partial charge in [0, 0.05) is 11.4 Å². The van der Waals surface area contributed by atoms with E-state index in [-0.39, 0.29) is 11.4 Å². The lowest BCUT2D eigenvalue weighted by Gasteiger charge is -2.20. The fraction of sp³-hybridized carbons (Fsp3) is 0.360. The van der Waals surface area contributed by atoms with Crippen LogP contribution in [-0.2, 0) is 4.79 Å². The molecule has 2 aliphatic heterocycles. The van der Waals surface area contributed by atoms with Crippen molar-refractivity contribution >= 4 is 39.8 Å². The number of fused-ring (bicyclic) bond motifs is 1. The van der Waals surface area contributed by atoms with E-state index in [9.17, 15) is 4.79 Å². The Morgan fingerprint density at radius 3 is 2.73 bits per heavy atom. The van der Waals surface area contributed by atoms with Gasteiger partial charge < -0.3 is 9.30 Å². The van der Waals surface area contributed by atoms with Crippen LogP contribution in [0.15, 0.2) is 46.0 Å². The van der Waals surface area contributed by atoms with Crippen LogP contribution in [0.1, 0.15) is 56.5 Å². The number of nitrogens with zero attached hydrogens (tertiary/aromatic N) is 4. The monoisotopic (exact) mass is 463 g/mol. The molecule has 1 amide bonds. The van der Waals surface area contributed by atoms with Gasteiger partial charge in [-0.25, -0.2) is 0 Å². The van der Waals surface area contributed by atoms with Gasteiger partial charge in [0.05, 0.1) is 17.9 Å². The Morgan fingerprint density at radius 1 is 1.18 bits per heavy atom. The van der Waals surface area contributed by atoms with Crippen LogP contribution in [0.3, 0.4) is 0 Å². The summed E-state index contributed by atoms with van der Waals surface area (Å²) in [7, 11) is 0. The summed E-state index contributed by atoms with van der Waals surface area (Å²) in [4.78, 5) is 17.0. The molecular formula is C25H29N5O2S. The SMILES string of the molecule is CCCCCC1=NN2C(=N)C(=Cc3cc(C)n(-c4ccccc4OCC)c3C)C(=O)N=C2S1. The molecule has 0 saturated carbocycles. The first-order valence-electron chi connectivity index (χ1n) is 11.3. The number of nitrogens with one attached hydrogen (secondary N) is 1. The average molecular weight is 464 g/mol. The Morgan fingerprint density at radius 2 is 1.97 bits per heavy atom. The number of aryl methyl sites for hydroxylation is 1. The van der Waals surface area contributed by atoms with Crippen LogP contribution in [0.5, 0.6) is 5.75 Å². The summed E-state index contributed by atoms with van der Waals surface area (Å²) in [6.07, 6.45) is 5.91. The zero-order valence-corrected chi connectivity index (χ0v) is 20.3. The number of amidine groups is 2. The summed E-state index contributed by atoms with van der Waals surface area (Å²) in [5.41, 5.74) is 4.03. The predicted octanol–water partition coefficient (Wildman–Crippen LogP) is 5.69. The Hall–Kier alpha value is -3.13. The molecule has 0 saturated heterocycles. The molecule has 172 valence electrons. The maximum Gasteiger partial charge on any atom is 0.283 e. The summed E-state index contributed by atoms with van der Waals surface area (Å²) < 4.78 is 7.93. The molecule has 4 rings (SSSR count). The van der Waals surface area contributed by atoms with E-state index in [4.69, 9.17) is 10.1 Å². The summed E-state index contributed by atoms with van der Waals surface area (Å²) in [5.74, 6) is 0.474. The molecule has 3 heterocycles. The van der Waals surface area contributed by atoms with Crippen molar-refractivity contribution in [2.24, 2.45) is 10.1 Å². The Balaban J connectivity index is 1.66. The van der Waals surface area contributed by atoms with Gasteiger partial charge in [-0.2, -0.15) is 15.1 Å². The molecule has 1 aromatic carbocycles. The topological polar surface area (TPSA) is 83.0 Å². The van der Waals surface area contributed by atoms with Crippen LogP contribution in [-0.4, -0.2) is 38.1 Å². The van der Waals surface area contributed by atoms with E-state index in [0.29, 0.717) is 11.8 Å². The smallest absolute Gasteiger partial charge is 0.283 e. The second-order valence-electron chi connectivity index (χ2n) is 8.03. The Bertz CT molecular complexity index is 1190. The molecule has 2 aliphatic rings. The van der Waals surface area contributed by atoms with Crippen LogP contribution in [0, 0.1) is 19.3 Å². The van der Waals surface area contributed by atoms with E-state index in [1.54, 1.807) is 6.08 Å². The Labute approximate surface area is 198 Å². The number of aromatic nitrogens is 1. The number of unbranched alkanes of at least 4 members (excludes halogenated alkanes) is 2. The number of rotatable bonds is 8. The normalized spacial score (nSPS) is 16.8. The molecule has 0 atom stereocenters. The minimum atomic E-state index is -0.400. The number of aliphatic imine (C=N–C) groups is 1. The van der Waals surface area contributed by atoms with Gasteiger partial charge in [-0.15, -0.1) is 0 Å². The van der Waals surface area contributed by atoms with E-state index in [0.717, 1.165) is 59.1 Å². The van der Waals surface area contributed by atoms with Gasteiger partial charge in [-0.3, -0.25) is 10.2 Å². The molecule has 0 spiro atoms. The third-order valence-corrected chi connectivity index (χ3v) is 6.63. The number of carbonyl (C=O) groups is 1. The Kier molecular flexibility index (Phi) is 6.83. The molecule has 33 heavy (non-hydrogen) atoms. The number of hydrazone groups is 1. The molecule has 2 aromatic rings. The van der Waals surface area contributed by atoms with Crippen molar-refractivity contribution in [3.8, 4) is 11.4 Å². The largest absolute Gasteiger partial charge is 0.492 e. The summed E-state index contributed by atoms with van der Waals surface area (Å²) in [6.45, 7) is 8.73. The lowest BCUT2D eigenvalue weighted by Crippen LogP contribution is -2.35. The number of carbonyl (C=O) groups excluding carboxylic acids is 1. The maximum absolute atomic E-state index is 12.8. The van der Waals surface area contributed by atoms with E-state index in [1.165, 1.54) is 16.8 Å². The van der Waals surface area contributed by atoms with Gasteiger partial charge in [-0.1, -0.05) is 31.9 Å². The van der Waals surface area contributed by atoms with E-state index < -0.39 is 5.91 Å². The molecule has 1 N–H and O–H groups in total. The van der Waals surface area contributed by atoms with Crippen molar-refractivity contribution < 1.29 is 9.53 Å². The molecular weight excluding hydrogens is 434 g/mol. The molecule has 0 aliphatic carbocycles. The standard InChI is InChI=1S/C25H29N5O2S/c1-5-7-8-13-22-28-30-23(26)19(24(31)27-25(30)33-22)15-18-14-16(3)29(17(18)4)20-11-9-10-12-21(20)32-6-2/h9-12,14-15,26H,5-8,13H2,1-4H3. The molecule has 0 unspecified atom stereocenters. The van der Waals surface area contributed by atoms with Crippen molar-refractivity contribution in [2.45, 2.75) is 53.4 Å². The van der Waals surface area contributed by atoms with E-state index >= 15 is 0 Å². The third-order valence-electron chi connectivity index (χ3n) is 5.67. The first-order valence-corrected chi connectivity index (χ1v) is 12.2. The molecule has 1 aromatic heterocycles.